The number of rotatable bonds is 7. The molecule has 3 amide bonds. The number of carbonyl (C=O) groups excluding carboxylic acids is 3. The first kappa shape index (κ1) is 21.5. The highest BCUT2D eigenvalue weighted by molar-refractivity contribution is 6.23. The van der Waals surface area contributed by atoms with E-state index in [1.807, 2.05) is 6.07 Å². The number of para-hydroxylation sites is 1. The number of amides is 3. The number of carbonyl (C=O) groups is 3. The van der Waals surface area contributed by atoms with Gasteiger partial charge in [0.15, 0.2) is 6.29 Å². The highest BCUT2D eigenvalue weighted by Crippen LogP contribution is 2.69. The van der Waals surface area contributed by atoms with Gasteiger partial charge in [-0.2, -0.15) is 0 Å². The Morgan fingerprint density at radius 3 is 2.14 bits per heavy atom. The zero-order chi connectivity index (χ0) is 21.6. The second kappa shape index (κ2) is 7.54. The van der Waals surface area contributed by atoms with Gasteiger partial charge in [-0.25, -0.2) is 4.90 Å². The first-order chi connectivity index (χ1) is 13.6. The summed E-state index contributed by atoms with van der Waals surface area (Å²) in [4.78, 5) is 42.1. The Bertz CT molecular complexity index is 787. The van der Waals surface area contributed by atoms with Crippen molar-refractivity contribution in [3.63, 3.8) is 0 Å². The Morgan fingerprint density at radius 2 is 1.66 bits per heavy atom. The molecule has 1 saturated carbocycles. The van der Waals surface area contributed by atoms with Crippen molar-refractivity contribution in [3.05, 3.63) is 30.3 Å². The molecule has 0 radical (unpaired) electrons. The Morgan fingerprint density at radius 1 is 1.10 bits per heavy atom. The first-order valence-electron chi connectivity index (χ1n) is 9.85. The third-order valence-corrected chi connectivity index (χ3v) is 6.94. The van der Waals surface area contributed by atoms with Crippen molar-refractivity contribution in [2.75, 3.05) is 25.7 Å². The van der Waals surface area contributed by atoms with Gasteiger partial charge in [-0.05, 0) is 23.0 Å². The molecule has 1 aliphatic carbocycles. The topological polar surface area (TPSA) is 76.2 Å². The van der Waals surface area contributed by atoms with Crippen LogP contribution in [0.5, 0.6) is 0 Å². The molecule has 1 atom stereocenters. The summed E-state index contributed by atoms with van der Waals surface area (Å²) < 4.78 is 10.6. The largest absolute Gasteiger partial charge is 0.354 e. The van der Waals surface area contributed by atoms with Crippen LogP contribution in [0.2, 0.25) is 0 Å². The fourth-order valence-corrected chi connectivity index (χ4v) is 4.46. The van der Waals surface area contributed by atoms with Crippen LogP contribution < -0.4 is 4.90 Å². The van der Waals surface area contributed by atoms with E-state index in [4.69, 9.17) is 9.47 Å². The molecule has 7 heteroatoms. The summed E-state index contributed by atoms with van der Waals surface area (Å²) >= 11 is 0. The molecule has 2 fully saturated rings. The van der Waals surface area contributed by atoms with Crippen molar-refractivity contribution >= 4 is 23.4 Å². The Kier molecular flexibility index (Phi) is 5.58. The third-order valence-electron chi connectivity index (χ3n) is 6.94. The molecule has 29 heavy (non-hydrogen) atoms. The van der Waals surface area contributed by atoms with Gasteiger partial charge in [-0.15, -0.1) is 0 Å². The standard InChI is InChI=1S/C22H30N2O5/c1-21(2)18(22(21,3)4)20(27)23(13-17(28-5)29-6)15-12-16(25)24(19(15)26)14-10-8-7-9-11-14/h7-11,15,17-18H,12-13H2,1-6H3. The second-order valence-electron chi connectivity index (χ2n) is 8.89. The summed E-state index contributed by atoms with van der Waals surface area (Å²) in [5.41, 5.74) is 0.130. The molecule has 1 aliphatic heterocycles. The van der Waals surface area contributed by atoms with Crippen molar-refractivity contribution < 1.29 is 23.9 Å². The summed E-state index contributed by atoms with van der Waals surface area (Å²) in [5.74, 6) is -1.08. The molecule has 158 valence electrons. The highest BCUT2D eigenvalue weighted by atomic mass is 16.7. The highest BCUT2D eigenvalue weighted by Gasteiger charge is 2.69. The average molecular weight is 402 g/mol. The summed E-state index contributed by atoms with van der Waals surface area (Å²) in [6.07, 6.45) is -0.731. The summed E-state index contributed by atoms with van der Waals surface area (Å²) in [5, 5.41) is 0. The Hall–Kier alpha value is -2.25. The molecule has 0 spiro atoms. The van der Waals surface area contributed by atoms with E-state index in [1.54, 1.807) is 24.3 Å². The van der Waals surface area contributed by atoms with Gasteiger partial charge >= 0.3 is 0 Å². The molecule has 0 aromatic heterocycles. The number of hydrogen-bond acceptors (Lipinski definition) is 5. The molecule has 3 rings (SSSR count). The lowest BCUT2D eigenvalue weighted by Gasteiger charge is -2.31. The zero-order valence-corrected chi connectivity index (χ0v) is 18.0. The maximum absolute atomic E-state index is 13.5. The van der Waals surface area contributed by atoms with Crippen LogP contribution in [-0.2, 0) is 23.9 Å². The van der Waals surface area contributed by atoms with Crippen LogP contribution in [0.1, 0.15) is 34.1 Å². The minimum atomic E-state index is -0.866. The smallest absolute Gasteiger partial charge is 0.257 e. The predicted octanol–water partition coefficient (Wildman–Crippen LogP) is 2.45. The van der Waals surface area contributed by atoms with Crippen LogP contribution in [0.3, 0.4) is 0 Å². The quantitative estimate of drug-likeness (QED) is 0.517. The number of methoxy groups -OCH3 is 2. The van der Waals surface area contributed by atoms with E-state index in [1.165, 1.54) is 24.0 Å². The number of hydrogen-bond donors (Lipinski definition) is 0. The zero-order valence-electron chi connectivity index (χ0n) is 18.0. The lowest BCUT2D eigenvalue weighted by molar-refractivity contribution is -0.154. The van der Waals surface area contributed by atoms with Crippen molar-refractivity contribution in [2.24, 2.45) is 16.7 Å². The summed E-state index contributed by atoms with van der Waals surface area (Å²) in [7, 11) is 2.97. The van der Waals surface area contributed by atoms with E-state index in [0.29, 0.717) is 5.69 Å². The molecule has 1 aromatic rings. The number of imide groups is 1. The molecule has 1 saturated heterocycles. The first-order valence-corrected chi connectivity index (χ1v) is 9.85. The van der Waals surface area contributed by atoms with E-state index in [2.05, 4.69) is 27.7 Å². The van der Waals surface area contributed by atoms with Crippen molar-refractivity contribution in [3.8, 4) is 0 Å². The fourth-order valence-electron chi connectivity index (χ4n) is 4.46. The fraction of sp³-hybridized carbons (Fsp3) is 0.591. The molecular formula is C22H30N2O5. The van der Waals surface area contributed by atoms with Gasteiger partial charge < -0.3 is 14.4 Å². The van der Waals surface area contributed by atoms with Crippen LogP contribution >= 0.6 is 0 Å². The molecule has 2 aliphatic rings. The molecule has 1 unspecified atom stereocenters. The van der Waals surface area contributed by atoms with E-state index < -0.39 is 18.2 Å². The number of ether oxygens (including phenoxy) is 2. The molecule has 1 aromatic carbocycles. The van der Waals surface area contributed by atoms with Crippen LogP contribution in [-0.4, -0.2) is 55.7 Å². The maximum Gasteiger partial charge on any atom is 0.257 e. The molecule has 7 nitrogen and oxygen atoms in total. The van der Waals surface area contributed by atoms with Gasteiger partial charge in [0.05, 0.1) is 18.7 Å². The van der Waals surface area contributed by atoms with Gasteiger partial charge in [0.2, 0.25) is 11.8 Å². The average Bonchev–Trinajstić information content (AvgIpc) is 2.91. The lowest BCUT2D eigenvalue weighted by atomic mass is 10.0. The monoisotopic (exact) mass is 402 g/mol. The maximum atomic E-state index is 13.5. The van der Waals surface area contributed by atoms with Crippen LogP contribution in [0.15, 0.2) is 30.3 Å². The van der Waals surface area contributed by atoms with Crippen molar-refractivity contribution in [1.82, 2.24) is 4.90 Å². The van der Waals surface area contributed by atoms with Crippen molar-refractivity contribution in [2.45, 2.75) is 46.4 Å². The van der Waals surface area contributed by atoms with Crippen LogP contribution in [0.4, 0.5) is 5.69 Å². The van der Waals surface area contributed by atoms with Gasteiger partial charge in [0.1, 0.15) is 6.04 Å². The molecule has 0 bridgehead atoms. The number of benzene rings is 1. The normalized spacial score (nSPS) is 23.0. The third kappa shape index (κ3) is 3.46. The number of nitrogens with zero attached hydrogens (tertiary/aromatic N) is 2. The minimum absolute atomic E-state index is 0.0484. The minimum Gasteiger partial charge on any atom is -0.354 e. The Labute approximate surface area is 171 Å². The van der Waals surface area contributed by atoms with E-state index in [0.717, 1.165) is 0 Å². The van der Waals surface area contributed by atoms with Crippen LogP contribution in [0.25, 0.3) is 0 Å². The van der Waals surface area contributed by atoms with E-state index >= 15 is 0 Å². The lowest BCUT2D eigenvalue weighted by Crippen LogP contribution is -2.50. The summed E-state index contributed by atoms with van der Waals surface area (Å²) in [6, 6.07) is 7.92. The summed E-state index contributed by atoms with van der Waals surface area (Å²) in [6.45, 7) is 8.29. The molecule has 1 heterocycles. The Balaban J connectivity index is 1.91. The SMILES string of the molecule is COC(CN(C(=O)C1C(C)(C)C1(C)C)C1CC(=O)N(c2ccccc2)C1=O)OC. The van der Waals surface area contributed by atoms with Gasteiger partial charge in [0, 0.05) is 20.1 Å². The molecular weight excluding hydrogens is 372 g/mol. The van der Waals surface area contributed by atoms with Crippen molar-refractivity contribution in [1.29, 1.82) is 0 Å². The van der Waals surface area contributed by atoms with E-state index in [-0.39, 0.29) is 41.5 Å². The second-order valence-corrected chi connectivity index (χ2v) is 8.89. The number of anilines is 1. The van der Waals surface area contributed by atoms with Gasteiger partial charge in [0.25, 0.3) is 5.91 Å². The van der Waals surface area contributed by atoms with E-state index in [9.17, 15) is 14.4 Å². The predicted molar refractivity (Wildman–Crippen MR) is 108 cm³/mol. The van der Waals surface area contributed by atoms with Gasteiger partial charge in [-0.3, -0.25) is 14.4 Å². The van der Waals surface area contributed by atoms with Crippen LogP contribution in [0, 0.1) is 16.7 Å². The molecule has 0 N–H and O–H groups in total. The van der Waals surface area contributed by atoms with Gasteiger partial charge in [-0.1, -0.05) is 45.9 Å².